The quantitative estimate of drug-likeness (QED) is 0.430. The van der Waals surface area contributed by atoms with Crippen LogP contribution in [-0.4, -0.2) is 0 Å². The van der Waals surface area contributed by atoms with Crippen LogP contribution in [0.4, 0.5) is 0 Å². The van der Waals surface area contributed by atoms with E-state index in [0.29, 0.717) is 11.8 Å². The number of rotatable bonds is 1. The second-order valence-corrected chi connectivity index (χ2v) is 10.4. The van der Waals surface area contributed by atoms with E-state index < -0.39 is 0 Å². The standard InChI is InChI=1S/C27H30/c1-26(2,3)18-14-23-24(16-27(4,5)25(23)15-18)21-12-8-11-20-19-10-7-6-9-17(19)13-22(20)21/h6-12,14-15,23-24H,13,16H2,1-5H3. The number of benzene rings is 2. The number of fused-ring (bicyclic) bond motifs is 4. The van der Waals surface area contributed by atoms with Gasteiger partial charge in [-0.2, -0.15) is 0 Å². The first-order valence-corrected chi connectivity index (χ1v) is 10.4. The predicted octanol–water partition coefficient (Wildman–Crippen LogP) is 7.30. The Labute approximate surface area is 164 Å². The molecule has 1 saturated carbocycles. The summed E-state index contributed by atoms with van der Waals surface area (Å²) in [6.45, 7) is 11.9. The molecule has 1 fully saturated rings. The third-order valence-corrected chi connectivity index (χ3v) is 7.13. The normalized spacial score (nSPS) is 24.9. The van der Waals surface area contributed by atoms with Crippen molar-refractivity contribution in [1.82, 2.24) is 0 Å². The monoisotopic (exact) mass is 354 g/mol. The minimum absolute atomic E-state index is 0.229. The van der Waals surface area contributed by atoms with Crippen LogP contribution in [0.2, 0.25) is 0 Å². The fraction of sp³-hybridized carbons (Fsp3) is 0.407. The van der Waals surface area contributed by atoms with Crippen LogP contribution in [-0.2, 0) is 6.42 Å². The zero-order valence-electron chi connectivity index (χ0n) is 17.3. The maximum Gasteiger partial charge on any atom is 0.00605 e. The van der Waals surface area contributed by atoms with Crippen molar-refractivity contribution in [3.63, 3.8) is 0 Å². The van der Waals surface area contributed by atoms with E-state index in [9.17, 15) is 0 Å². The number of hydrogen-bond donors (Lipinski definition) is 0. The van der Waals surface area contributed by atoms with E-state index in [-0.39, 0.29) is 10.8 Å². The molecule has 0 nitrogen and oxygen atoms in total. The summed E-state index contributed by atoms with van der Waals surface area (Å²) >= 11 is 0. The lowest BCUT2D eigenvalue weighted by molar-refractivity contribution is 0.439. The Bertz CT molecular complexity index is 991. The summed E-state index contributed by atoms with van der Waals surface area (Å²) in [4.78, 5) is 0. The maximum atomic E-state index is 2.59. The minimum Gasteiger partial charge on any atom is -0.0729 e. The zero-order valence-corrected chi connectivity index (χ0v) is 17.3. The molecule has 2 unspecified atom stereocenters. The van der Waals surface area contributed by atoms with Gasteiger partial charge in [-0.3, -0.25) is 0 Å². The minimum atomic E-state index is 0.229. The molecule has 27 heavy (non-hydrogen) atoms. The Kier molecular flexibility index (Phi) is 3.46. The van der Waals surface area contributed by atoms with Crippen molar-refractivity contribution in [2.45, 2.75) is 53.4 Å². The van der Waals surface area contributed by atoms with Crippen molar-refractivity contribution in [2.75, 3.05) is 0 Å². The average molecular weight is 355 g/mol. The summed E-state index contributed by atoms with van der Waals surface area (Å²) in [5.74, 6) is 1.18. The van der Waals surface area contributed by atoms with E-state index in [0.717, 1.165) is 6.42 Å². The van der Waals surface area contributed by atoms with Crippen LogP contribution in [0.5, 0.6) is 0 Å². The van der Waals surface area contributed by atoms with Crippen LogP contribution >= 0.6 is 0 Å². The molecule has 2 aromatic rings. The number of hydrogen-bond acceptors (Lipinski definition) is 0. The molecule has 2 aromatic carbocycles. The van der Waals surface area contributed by atoms with E-state index in [1.165, 1.54) is 28.7 Å². The first-order chi connectivity index (χ1) is 12.8. The van der Waals surface area contributed by atoms with Crippen LogP contribution in [0.3, 0.4) is 0 Å². The van der Waals surface area contributed by atoms with E-state index in [1.54, 1.807) is 16.7 Å². The van der Waals surface area contributed by atoms with E-state index in [4.69, 9.17) is 0 Å². The maximum absolute atomic E-state index is 2.59. The summed E-state index contributed by atoms with van der Waals surface area (Å²) in [6.07, 6.45) is 7.48. The van der Waals surface area contributed by atoms with Gasteiger partial charge in [0.25, 0.3) is 0 Å². The molecule has 0 radical (unpaired) electrons. The molecule has 0 N–H and O–H groups in total. The molecule has 0 saturated heterocycles. The molecule has 0 aliphatic heterocycles. The summed E-state index contributed by atoms with van der Waals surface area (Å²) < 4.78 is 0. The second-order valence-electron chi connectivity index (χ2n) is 10.4. The van der Waals surface area contributed by atoms with Gasteiger partial charge in [0.1, 0.15) is 0 Å². The van der Waals surface area contributed by atoms with Crippen LogP contribution in [0.15, 0.2) is 65.8 Å². The highest BCUT2D eigenvalue weighted by Gasteiger charge is 2.47. The van der Waals surface area contributed by atoms with E-state index >= 15 is 0 Å². The highest BCUT2D eigenvalue weighted by atomic mass is 14.5. The van der Waals surface area contributed by atoms with Crippen molar-refractivity contribution in [2.24, 2.45) is 16.7 Å². The molecule has 2 atom stereocenters. The third kappa shape index (κ3) is 2.49. The van der Waals surface area contributed by atoms with Crippen LogP contribution < -0.4 is 0 Å². The van der Waals surface area contributed by atoms with Gasteiger partial charge in [0.05, 0.1) is 0 Å². The van der Waals surface area contributed by atoms with Crippen LogP contribution in [0, 0.1) is 16.7 Å². The lowest BCUT2D eigenvalue weighted by atomic mass is 9.81. The van der Waals surface area contributed by atoms with Crippen molar-refractivity contribution < 1.29 is 0 Å². The molecule has 0 aromatic heterocycles. The zero-order chi connectivity index (χ0) is 19.0. The first kappa shape index (κ1) is 17.0. The molecule has 5 rings (SSSR count). The fourth-order valence-corrected chi connectivity index (χ4v) is 5.67. The summed E-state index contributed by atoms with van der Waals surface area (Å²) in [5, 5.41) is 0. The smallest absolute Gasteiger partial charge is 0.00605 e. The first-order valence-electron chi connectivity index (χ1n) is 10.4. The molecule has 0 bridgehead atoms. The summed E-state index contributed by atoms with van der Waals surface area (Å²) in [7, 11) is 0. The van der Waals surface area contributed by atoms with Gasteiger partial charge in [0, 0.05) is 5.92 Å². The molecular formula is C27H30. The second kappa shape index (κ2) is 5.47. The van der Waals surface area contributed by atoms with Gasteiger partial charge in [0.2, 0.25) is 0 Å². The Balaban J connectivity index is 1.61. The molecule has 138 valence electrons. The van der Waals surface area contributed by atoms with Crippen LogP contribution in [0.25, 0.3) is 11.1 Å². The Morgan fingerprint density at radius 1 is 0.926 bits per heavy atom. The van der Waals surface area contributed by atoms with Crippen molar-refractivity contribution in [3.8, 4) is 11.1 Å². The van der Waals surface area contributed by atoms with Gasteiger partial charge in [-0.15, -0.1) is 0 Å². The molecule has 3 aliphatic rings. The Morgan fingerprint density at radius 3 is 2.44 bits per heavy atom. The molecule has 3 aliphatic carbocycles. The lowest BCUT2D eigenvalue weighted by Gasteiger charge is -2.24. The highest BCUT2D eigenvalue weighted by molar-refractivity contribution is 5.78. The lowest BCUT2D eigenvalue weighted by Crippen LogP contribution is -2.11. The number of allylic oxidation sites excluding steroid dienone is 4. The highest BCUT2D eigenvalue weighted by Crippen LogP contribution is 2.59. The van der Waals surface area contributed by atoms with Gasteiger partial charge in [-0.05, 0) is 63.0 Å². The van der Waals surface area contributed by atoms with Gasteiger partial charge in [0.15, 0.2) is 0 Å². The van der Waals surface area contributed by atoms with Crippen molar-refractivity contribution >= 4 is 0 Å². The van der Waals surface area contributed by atoms with Crippen molar-refractivity contribution in [1.29, 1.82) is 0 Å². The Hall–Kier alpha value is -2.08. The predicted molar refractivity (Wildman–Crippen MR) is 115 cm³/mol. The van der Waals surface area contributed by atoms with Gasteiger partial charge < -0.3 is 0 Å². The van der Waals surface area contributed by atoms with Crippen LogP contribution in [0.1, 0.15) is 63.6 Å². The Morgan fingerprint density at radius 2 is 1.67 bits per heavy atom. The van der Waals surface area contributed by atoms with Gasteiger partial charge >= 0.3 is 0 Å². The SMILES string of the molecule is CC(C)(C)C1=CC2C(=C1)C(C)(C)CC2c1cccc2c1Cc1ccccc1-2. The molecule has 0 amide bonds. The third-order valence-electron chi connectivity index (χ3n) is 7.13. The largest absolute Gasteiger partial charge is 0.0729 e. The van der Waals surface area contributed by atoms with E-state index in [1.807, 2.05) is 0 Å². The molecule has 0 heterocycles. The molecule has 0 heteroatoms. The topological polar surface area (TPSA) is 0 Å². The van der Waals surface area contributed by atoms with Gasteiger partial charge in [-0.25, -0.2) is 0 Å². The van der Waals surface area contributed by atoms with E-state index in [2.05, 4.69) is 89.2 Å². The average Bonchev–Trinajstić information content (AvgIpc) is 3.26. The van der Waals surface area contributed by atoms with Crippen molar-refractivity contribution in [3.05, 3.63) is 82.5 Å². The fourth-order valence-electron chi connectivity index (χ4n) is 5.67. The summed E-state index contributed by atoms with van der Waals surface area (Å²) in [5.41, 5.74) is 11.3. The molecular weight excluding hydrogens is 324 g/mol. The summed E-state index contributed by atoms with van der Waals surface area (Å²) in [6, 6.07) is 16.0. The molecule has 0 spiro atoms. The van der Waals surface area contributed by atoms with Gasteiger partial charge in [-0.1, -0.05) is 94.8 Å².